The number of nitrogens with one attached hydrogen (secondary N) is 2. The third-order valence-electron chi connectivity index (χ3n) is 1.96. The summed E-state index contributed by atoms with van der Waals surface area (Å²) < 4.78 is 0. The number of rotatable bonds is 2. The summed E-state index contributed by atoms with van der Waals surface area (Å²) in [4.78, 5) is 18.4. The van der Waals surface area contributed by atoms with Crippen molar-refractivity contribution in [3.05, 3.63) is 21.6 Å². The van der Waals surface area contributed by atoms with E-state index in [0.717, 1.165) is 11.3 Å². The van der Waals surface area contributed by atoms with E-state index in [1.807, 2.05) is 20.8 Å². The zero-order valence-corrected chi connectivity index (χ0v) is 8.43. The zero-order valence-electron chi connectivity index (χ0n) is 8.43. The van der Waals surface area contributed by atoms with E-state index in [9.17, 15) is 4.79 Å². The molecule has 0 saturated heterocycles. The molecule has 1 aromatic heterocycles. The second kappa shape index (κ2) is 3.60. The highest BCUT2D eigenvalue weighted by molar-refractivity contribution is 5.29. The summed E-state index contributed by atoms with van der Waals surface area (Å²) >= 11 is 0. The first kappa shape index (κ1) is 9.77. The molecule has 72 valence electrons. The molecule has 0 spiro atoms. The van der Waals surface area contributed by atoms with Crippen molar-refractivity contribution >= 4 is 5.95 Å². The molecular weight excluding hydrogens is 166 g/mol. The van der Waals surface area contributed by atoms with Crippen LogP contribution in [0.3, 0.4) is 0 Å². The summed E-state index contributed by atoms with van der Waals surface area (Å²) in [5.41, 5.74) is 1.51. The molecule has 2 N–H and O–H groups in total. The van der Waals surface area contributed by atoms with Gasteiger partial charge >= 0.3 is 0 Å². The Labute approximate surface area is 77.4 Å². The van der Waals surface area contributed by atoms with Gasteiger partial charge in [0, 0.05) is 12.6 Å². The molecule has 13 heavy (non-hydrogen) atoms. The molecule has 0 unspecified atom stereocenters. The number of aromatic nitrogens is 2. The number of aryl methyl sites for hydroxylation is 1. The molecule has 0 bridgehead atoms. The van der Waals surface area contributed by atoms with Crippen molar-refractivity contribution in [1.29, 1.82) is 0 Å². The van der Waals surface area contributed by atoms with Crippen LogP contribution in [-0.2, 0) is 0 Å². The Morgan fingerprint density at radius 3 is 2.46 bits per heavy atom. The third-order valence-corrected chi connectivity index (χ3v) is 1.96. The van der Waals surface area contributed by atoms with Gasteiger partial charge in [-0.15, -0.1) is 0 Å². The summed E-state index contributed by atoms with van der Waals surface area (Å²) in [5, 5.41) is 2.81. The molecule has 4 heteroatoms. The van der Waals surface area contributed by atoms with Crippen LogP contribution in [0.25, 0.3) is 0 Å². The normalized spacial score (nSPS) is 10.5. The molecule has 1 rings (SSSR count). The van der Waals surface area contributed by atoms with E-state index in [1.165, 1.54) is 0 Å². The molecule has 1 heterocycles. The van der Waals surface area contributed by atoms with Crippen LogP contribution >= 0.6 is 0 Å². The fraction of sp³-hybridized carbons (Fsp3) is 0.556. The van der Waals surface area contributed by atoms with Crippen molar-refractivity contribution in [3.8, 4) is 0 Å². The Morgan fingerprint density at radius 2 is 2.08 bits per heavy atom. The molecule has 0 atom stereocenters. The van der Waals surface area contributed by atoms with Crippen LogP contribution in [0.15, 0.2) is 4.79 Å². The van der Waals surface area contributed by atoms with E-state index in [0.29, 0.717) is 5.95 Å². The van der Waals surface area contributed by atoms with Gasteiger partial charge in [0.1, 0.15) is 0 Å². The first-order chi connectivity index (χ1) is 6.06. The lowest BCUT2D eigenvalue weighted by Crippen LogP contribution is -2.19. The Hall–Kier alpha value is -1.32. The number of H-pyrrole nitrogens is 1. The first-order valence-electron chi connectivity index (χ1n) is 4.34. The number of nitrogens with zero attached hydrogens (tertiary/aromatic N) is 1. The maximum absolute atomic E-state index is 11.5. The highest BCUT2D eigenvalue weighted by Gasteiger charge is 2.10. The van der Waals surface area contributed by atoms with Gasteiger partial charge in [-0.1, -0.05) is 13.8 Å². The van der Waals surface area contributed by atoms with E-state index < -0.39 is 0 Å². The fourth-order valence-electron chi connectivity index (χ4n) is 1.39. The topological polar surface area (TPSA) is 57.8 Å². The smallest absolute Gasteiger partial charge is 0.255 e. The van der Waals surface area contributed by atoms with E-state index in [-0.39, 0.29) is 11.5 Å². The molecule has 0 aromatic carbocycles. The monoisotopic (exact) mass is 181 g/mol. The maximum Gasteiger partial charge on any atom is 0.255 e. The van der Waals surface area contributed by atoms with Crippen molar-refractivity contribution in [2.24, 2.45) is 0 Å². The third kappa shape index (κ3) is 1.88. The Bertz CT molecular complexity index is 354. The van der Waals surface area contributed by atoms with Crippen molar-refractivity contribution in [3.63, 3.8) is 0 Å². The lowest BCUT2D eigenvalue weighted by Gasteiger charge is -2.08. The van der Waals surface area contributed by atoms with Crippen LogP contribution in [0.1, 0.15) is 31.0 Å². The number of hydrogen-bond acceptors (Lipinski definition) is 3. The maximum atomic E-state index is 11.5. The van der Waals surface area contributed by atoms with Crippen LogP contribution in [0, 0.1) is 6.92 Å². The SMILES string of the molecule is CNc1nc(C)c(C(C)C)c(=O)[nH]1. The minimum Gasteiger partial charge on any atom is -0.359 e. The van der Waals surface area contributed by atoms with Crippen molar-refractivity contribution < 1.29 is 0 Å². The standard InChI is InChI=1S/C9H15N3O/c1-5(2)7-6(3)11-9(10-4)12-8(7)13/h5H,1-4H3,(H2,10,11,12,13). The summed E-state index contributed by atoms with van der Waals surface area (Å²) in [6.45, 7) is 5.82. The molecule has 4 nitrogen and oxygen atoms in total. The van der Waals surface area contributed by atoms with E-state index in [1.54, 1.807) is 7.05 Å². The quantitative estimate of drug-likeness (QED) is 0.721. The molecule has 0 radical (unpaired) electrons. The minimum absolute atomic E-state index is 0.0492. The largest absolute Gasteiger partial charge is 0.359 e. The van der Waals surface area contributed by atoms with Crippen LogP contribution < -0.4 is 10.9 Å². The van der Waals surface area contributed by atoms with E-state index >= 15 is 0 Å². The Morgan fingerprint density at radius 1 is 1.46 bits per heavy atom. The number of hydrogen-bond donors (Lipinski definition) is 2. The van der Waals surface area contributed by atoms with Gasteiger partial charge in [-0.05, 0) is 12.8 Å². The summed E-state index contributed by atoms with van der Waals surface area (Å²) in [6, 6.07) is 0. The Balaban J connectivity index is 3.32. The van der Waals surface area contributed by atoms with Crippen LogP contribution in [0.5, 0.6) is 0 Å². The second-order valence-corrected chi connectivity index (χ2v) is 3.32. The van der Waals surface area contributed by atoms with E-state index in [4.69, 9.17) is 0 Å². The molecule has 0 saturated carbocycles. The average Bonchev–Trinajstić information content (AvgIpc) is 2.02. The predicted molar refractivity (Wildman–Crippen MR) is 53.2 cm³/mol. The molecule has 1 aromatic rings. The highest BCUT2D eigenvalue weighted by atomic mass is 16.1. The van der Waals surface area contributed by atoms with E-state index in [2.05, 4.69) is 15.3 Å². The lowest BCUT2D eigenvalue weighted by atomic mass is 10.0. The zero-order chi connectivity index (χ0) is 10.0. The highest BCUT2D eigenvalue weighted by Crippen LogP contribution is 2.12. The molecule has 0 amide bonds. The average molecular weight is 181 g/mol. The molecular formula is C9H15N3O. The lowest BCUT2D eigenvalue weighted by molar-refractivity contribution is 0.814. The van der Waals surface area contributed by atoms with Gasteiger partial charge in [0.15, 0.2) is 0 Å². The molecule has 0 fully saturated rings. The molecule has 0 aliphatic rings. The molecule has 0 aliphatic carbocycles. The molecule has 0 aliphatic heterocycles. The number of aromatic amines is 1. The van der Waals surface area contributed by atoms with Crippen LogP contribution in [-0.4, -0.2) is 17.0 Å². The van der Waals surface area contributed by atoms with Gasteiger partial charge in [0.05, 0.1) is 5.69 Å². The Kier molecular flexibility index (Phi) is 2.70. The van der Waals surface area contributed by atoms with Crippen LogP contribution in [0.2, 0.25) is 0 Å². The van der Waals surface area contributed by atoms with Gasteiger partial charge in [0.2, 0.25) is 5.95 Å². The van der Waals surface area contributed by atoms with Crippen molar-refractivity contribution in [2.75, 3.05) is 12.4 Å². The van der Waals surface area contributed by atoms with Crippen LogP contribution in [0.4, 0.5) is 5.95 Å². The summed E-state index contributed by atoms with van der Waals surface area (Å²) in [5.74, 6) is 0.731. The van der Waals surface area contributed by atoms with Gasteiger partial charge in [-0.25, -0.2) is 4.98 Å². The fourth-order valence-corrected chi connectivity index (χ4v) is 1.39. The van der Waals surface area contributed by atoms with Crippen molar-refractivity contribution in [2.45, 2.75) is 26.7 Å². The predicted octanol–water partition coefficient (Wildman–Crippen LogP) is 1.24. The van der Waals surface area contributed by atoms with Gasteiger partial charge in [-0.2, -0.15) is 0 Å². The van der Waals surface area contributed by atoms with Crippen molar-refractivity contribution in [1.82, 2.24) is 9.97 Å². The van der Waals surface area contributed by atoms with Gasteiger partial charge < -0.3 is 5.32 Å². The second-order valence-electron chi connectivity index (χ2n) is 3.32. The van der Waals surface area contributed by atoms with Gasteiger partial charge in [-0.3, -0.25) is 9.78 Å². The summed E-state index contributed by atoms with van der Waals surface area (Å²) in [6.07, 6.45) is 0. The summed E-state index contributed by atoms with van der Waals surface area (Å²) in [7, 11) is 1.73. The first-order valence-corrected chi connectivity index (χ1v) is 4.34. The number of anilines is 1. The van der Waals surface area contributed by atoms with Gasteiger partial charge in [0.25, 0.3) is 5.56 Å². The minimum atomic E-state index is -0.0492.